The summed E-state index contributed by atoms with van der Waals surface area (Å²) >= 11 is 0. The van der Waals surface area contributed by atoms with Crippen LogP contribution in [0.1, 0.15) is 29.2 Å². The van der Waals surface area contributed by atoms with Crippen LogP contribution in [0.25, 0.3) is 0 Å². The van der Waals surface area contributed by atoms with Gasteiger partial charge in [0.1, 0.15) is 12.4 Å². The lowest BCUT2D eigenvalue weighted by atomic mass is 10.0. The van der Waals surface area contributed by atoms with Crippen LogP contribution in [0.2, 0.25) is 0 Å². The minimum Gasteiger partial charge on any atom is -0.486 e. The van der Waals surface area contributed by atoms with Gasteiger partial charge in [-0.1, -0.05) is 19.1 Å². The molecule has 5 heteroatoms. The fourth-order valence-corrected chi connectivity index (χ4v) is 2.53. The molecule has 128 valence electrons. The quantitative estimate of drug-likeness (QED) is 0.875. The van der Waals surface area contributed by atoms with Crippen LogP contribution in [0.15, 0.2) is 30.3 Å². The maximum atomic E-state index is 14.1. The summed E-state index contributed by atoms with van der Waals surface area (Å²) in [6.07, 6.45) is 0.774. The monoisotopic (exact) mass is 333 g/mol. The molecule has 0 atom stereocenters. The molecule has 0 heterocycles. The normalized spacial score (nSPS) is 10.5. The Morgan fingerprint density at radius 3 is 2.58 bits per heavy atom. The highest BCUT2D eigenvalue weighted by molar-refractivity contribution is 5.78. The number of carbonyl (C=O) groups is 1. The van der Waals surface area contributed by atoms with Crippen LogP contribution in [0.4, 0.5) is 8.78 Å². The topological polar surface area (TPSA) is 38.3 Å². The van der Waals surface area contributed by atoms with E-state index in [4.69, 9.17) is 4.74 Å². The van der Waals surface area contributed by atoms with E-state index in [0.717, 1.165) is 17.5 Å². The number of nitrogens with one attached hydrogen (secondary N) is 1. The van der Waals surface area contributed by atoms with E-state index in [-0.39, 0.29) is 30.2 Å². The average molecular weight is 333 g/mol. The molecule has 0 aromatic heterocycles. The average Bonchev–Trinajstić information content (AvgIpc) is 2.56. The molecule has 0 radical (unpaired) electrons. The lowest BCUT2D eigenvalue weighted by Crippen LogP contribution is -2.21. The maximum Gasteiger partial charge on any atom is 0.224 e. The van der Waals surface area contributed by atoms with Crippen molar-refractivity contribution >= 4 is 5.91 Å². The first-order valence-corrected chi connectivity index (χ1v) is 7.84. The van der Waals surface area contributed by atoms with Gasteiger partial charge in [0.15, 0.2) is 11.6 Å². The Labute approximate surface area is 140 Å². The number of aryl methyl sites for hydroxylation is 2. The number of benzene rings is 2. The highest BCUT2D eigenvalue weighted by Crippen LogP contribution is 2.25. The largest absolute Gasteiger partial charge is 0.486 e. The molecule has 0 aliphatic carbocycles. The van der Waals surface area contributed by atoms with Gasteiger partial charge >= 0.3 is 0 Å². The molecule has 2 aromatic rings. The molecular weight excluding hydrogens is 312 g/mol. The lowest BCUT2D eigenvalue weighted by molar-refractivity contribution is -0.119. The van der Waals surface area contributed by atoms with Gasteiger partial charge in [0.2, 0.25) is 5.91 Å². The summed E-state index contributed by atoms with van der Waals surface area (Å²) in [7, 11) is 1.52. The standard InChI is InChI=1S/C19H21F2NO2/c1-4-13-9-17(21)18(8-12(13)2)24-11-15-14(10-19(23)22-3)6-5-7-16(15)20/h5-9H,4,10-11H2,1-3H3,(H,22,23). The van der Waals surface area contributed by atoms with Gasteiger partial charge in [-0.25, -0.2) is 8.78 Å². The lowest BCUT2D eigenvalue weighted by Gasteiger charge is -2.14. The van der Waals surface area contributed by atoms with Crippen LogP contribution in [0.3, 0.4) is 0 Å². The predicted octanol–water partition coefficient (Wildman–Crippen LogP) is 3.70. The van der Waals surface area contributed by atoms with Gasteiger partial charge in [0.25, 0.3) is 0 Å². The molecule has 0 aliphatic heterocycles. The van der Waals surface area contributed by atoms with Crippen LogP contribution in [0, 0.1) is 18.6 Å². The highest BCUT2D eigenvalue weighted by atomic mass is 19.1. The van der Waals surface area contributed by atoms with Crippen molar-refractivity contribution in [2.75, 3.05) is 7.05 Å². The van der Waals surface area contributed by atoms with Crippen LogP contribution in [-0.4, -0.2) is 13.0 Å². The Morgan fingerprint density at radius 2 is 1.92 bits per heavy atom. The summed E-state index contributed by atoms with van der Waals surface area (Å²) in [6, 6.07) is 7.56. The second-order valence-electron chi connectivity index (χ2n) is 5.58. The number of ether oxygens (including phenoxy) is 1. The fraction of sp³-hybridized carbons (Fsp3) is 0.316. The van der Waals surface area contributed by atoms with E-state index >= 15 is 0 Å². The number of amides is 1. The van der Waals surface area contributed by atoms with E-state index in [1.165, 1.54) is 25.2 Å². The number of hydrogen-bond donors (Lipinski definition) is 1. The first kappa shape index (κ1) is 17.9. The van der Waals surface area contributed by atoms with Gasteiger partial charge < -0.3 is 10.1 Å². The molecule has 0 saturated heterocycles. The zero-order valence-electron chi connectivity index (χ0n) is 14.1. The van der Waals surface area contributed by atoms with Crippen molar-refractivity contribution < 1.29 is 18.3 Å². The van der Waals surface area contributed by atoms with E-state index < -0.39 is 11.6 Å². The predicted molar refractivity (Wildman–Crippen MR) is 89.0 cm³/mol. The Balaban J connectivity index is 2.23. The van der Waals surface area contributed by atoms with Crippen molar-refractivity contribution in [1.82, 2.24) is 5.32 Å². The molecule has 2 rings (SSSR count). The molecule has 0 saturated carbocycles. The third-order valence-corrected chi connectivity index (χ3v) is 3.99. The van der Waals surface area contributed by atoms with E-state index in [0.29, 0.717) is 5.56 Å². The van der Waals surface area contributed by atoms with E-state index in [1.54, 1.807) is 12.1 Å². The van der Waals surface area contributed by atoms with Crippen molar-refractivity contribution in [2.24, 2.45) is 0 Å². The zero-order valence-corrected chi connectivity index (χ0v) is 14.1. The summed E-state index contributed by atoms with van der Waals surface area (Å²) < 4.78 is 33.7. The third-order valence-electron chi connectivity index (χ3n) is 3.99. The second-order valence-corrected chi connectivity index (χ2v) is 5.58. The summed E-state index contributed by atoms with van der Waals surface area (Å²) in [5.74, 6) is -1.09. The molecule has 24 heavy (non-hydrogen) atoms. The Kier molecular flexibility index (Phi) is 5.90. The van der Waals surface area contributed by atoms with Crippen molar-refractivity contribution in [1.29, 1.82) is 0 Å². The van der Waals surface area contributed by atoms with E-state index in [1.807, 2.05) is 13.8 Å². The van der Waals surface area contributed by atoms with Crippen molar-refractivity contribution in [3.63, 3.8) is 0 Å². The first-order valence-electron chi connectivity index (χ1n) is 7.84. The van der Waals surface area contributed by atoms with E-state index in [2.05, 4.69) is 5.32 Å². The zero-order chi connectivity index (χ0) is 17.7. The number of rotatable bonds is 6. The molecule has 2 aromatic carbocycles. The molecule has 0 aliphatic rings. The summed E-state index contributed by atoms with van der Waals surface area (Å²) in [5.41, 5.74) is 2.62. The molecule has 0 bridgehead atoms. The van der Waals surface area contributed by atoms with Gasteiger partial charge in [-0.15, -0.1) is 0 Å². The minimum atomic E-state index is -0.473. The van der Waals surface area contributed by atoms with Gasteiger partial charge in [0.05, 0.1) is 6.42 Å². The molecule has 0 unspecified atom stereocenters. The number of hydrogen-bond acceptors (Lipinski definition) is 2. The molecule has 0 fully saturated rings. The van der Waals surface area contributed by atoms with Gasteiger partial charge in [-0.3, -0.25) is 4.79 Å². The second kappa shape index (κ2) is 7.90. The number of carbonyl (C=O) groups excluding carboxylic acids is 1. The summed E-state index contributed by atoms with van der Waals surface area (Å²) in [5, 5.41) is 2.50. The Bertz CT molecular complexity index is 744. The van der Waals surface area contributed by atoms with Crippen LogP contribution in [-0.2, 0) is 24.2 Å². The molecule has 1 amide bonds. The van der Waals surface area contributed by atoms with Crippen molar-refractivity contribution in [3.8, 4) is 5.75 Å². The fourth-order valence-electron chi connectivity index (χ4n) is 2.53. The summed E-state index contributed by atoms with van der Waals surface area (Å²) in [4.78, 5) is 11.6. The molecule has 1 N–H and O–H groups in total. The van der Waals surface area contributed by atoms with Gasteiger partial charge in [0, 0.05) is 12.6 Å². The van der Waals surface area contributed by atoms with Gasteiger partial charge in [-0.2, -0.15) is 0 Å². The van der Waals surface area contributed by atoms with Crippen LogP contribution in [0.5, 0.6) is 5.75 Å². The minimum absolute atomic E-state index is 0.0449. The summed E-state index contributed by atoms with van der Waals surface area (Å²) in [6.45, 7) is 3.69. The van der Waals surface area contributed by atoms with Gasteiger partial charge in [-0.05, 0) is 48.2 Å². The SMILES string of the molecule is CCc1cc(F)c(OCc2c(F)cccc2CC(=O)NC)cc1C. The highest BCUT2D eigenvalue weighted by Gasteiger charge is 2.14. The Morgan fingerprint density at radius 1 is 1.17 bits per heavy atom. The number of halogens is 2. The van der Waals surface area contributed by atoms with Crippen LogP contribution < -0.4 is 10.1 Å². The maximum absolute atomic E-state index is 14.1. The van der Waals surface area contributed by atoms with Crippen molar-refractivity contribution in [3.05, 3.63) is 64.2 Å². The first-order chi connectivity index (χ1) is 11.5. The Hall–Kier alpha value is -2.43. The number of likely N-dealkylation sites (N-methyl/N-ethyl adjacent to an activating group) is 1. The smallest absolute Gasteiger partial charge is 0.224 e. The molecular formula is C19H21F2NO2. The van der Waals surface area contributed by atoms with Crippen LogP contribution >= 0.6 is 0 Å². The van der Waals surface area contributed by atoms with Crippen molar-refractivity contribution in [2.45, 2.75) is 33.3 Å². The van der Waals surface area contributed by atoms with E-state index in [9.17, 15) is 13.6 Å². The third kappa shape index (κ3) is 4.10. The molecule has 3 nitrogen and oxygen atoms in total. The molecule has 0 spiro atoms.